The largest absolute Gasteiger partial charge is 0.351 e. The van der Waals surface area contributed by atoms with E-state index in [2.05, 4.69) is 71.7 Å². The second-order valence-corrected chi connectivity index (χ2v) is 9.46. The summed E-state index contributed by atoms with van der Waals surface area (Å²) >= 11 is 1.39. The Kier molecular flexibility index (Phi) is 7.17. The Morgan fingerprint density at radius 2 is 1.76 bits per heavy atom. The quantitative estimate of drug-likeness (QED) is 0.382. The van der Waals surface area contributed by atoms with E-state index in [1.165, 1.54) is 22.9 Å². The molecule has 8 heteroatoms. The summed E-state index contributed by atoms with van der Waals surface area (Å²) in [4.78, 5) is 12.7. The van der Waals surface area contributed by atoms with Gasteiger partial charge in [0.15, 0.2) is 5.16 Å². The highest BCUT2D eigenvalue weighted by Crippen LogP contribution is 2.25. The van der Waals surface area contributed by atoms with Crippen LogP contribution in [0.3, 0.4) is 0 Å². The van der Waals surface area contributed by atoms with Gasteiger partial charge in [-0.1, -0.05) is 54.2 Å². The van der Waals surface area contributed by atoms with Gasteiger partial charge in [-0.25, -0.2) is 0 Å². The van der Waals surface area contributed by atoms with Gasteiger partial charge < -0.3 is 5.32 Å². The maximum Gasteiger partial charge on any atom is 0.230 e. The van der Waals surface area contributed by atoms with Crippen LogP contribution in [0.15, 0.2) is 53.7 Å². The highest BCUT2D eigenvalue weighted by atomic mass is 32.2. The summed E-state index contributed by atoms with van der Waals surface area (Å²) in [5.41, 5.74) is 7.61. The van der Waals surface area contributed by atoms with Crippen LogP contribution in [0, 0.1) is 34.6 Å². The molecule has 0 bridgehead atoms. The van der Waals surface area contributed by atoms with E-state index in [-0.39, 0.29) is 11.7 Å². The van der Waals surface area contributed by atoms with E-state index in [0.717, 1.165) is 34.0 Å². The van der Waals surface area contributed by atoms with Gasteiger partial charge in [-0.05, 0) is 57.4 Å². The van der Waals surface area contributed by atoms with Crippen molar-refractivity contribution in [2.45, 2.75) is 52.9 Å². The third kappa shape index (κ3) is 5.22. The van der Waals surface area contributed by atoms with Crippen molar-refractivity contribution >= 4 is 17.7 Å². The van der Waals surface area contributed by atoms with Crippen LogP contribution in [0.25, 0.3) is 5.69 Å². The lowest BCUT2D eigenvalue weighted by Gasteiger charge is -2.12. The molecule has 7 nitrogen and oxygen atoms in total. The number of hydrogen-bond donors (Lipinski definition) is 1. The number of carbonyl (C=O) groups is 1. The molecule has 1 amide bonds. The molecule has 0 fully saturated rings. The van der Waals surface area contributed by atoms with Crippen LogP contribution in [-0.4, -0.2) is 36.2 Å². The zero-order valence-electron chi connectivity index (χ0n) is 20.3. The van der Waals surface area contributed by atoms with E-state index in [1.54, 1.807) is 0 Å². The number of thioether (sulfide) groups is 1. The lowest BCUT2D eigenvalue weighted by atomic mass is 10.1. The van der Waals surface area contributed by atoms with Crippen LogP contribution in [-0.2, 0) is 17.9 Å². The average Bonchev–Trinajstić information content (AvgIpc) is 3.31. The van der Waals surface area contributed by atoms with E-state index >= 15 is 0 Å². The Hall–Kier alpha value is -3.39. The Morgan fingerprint density at radius 3 is 2.53 bits per heavy atom. The first-order chi connectivity index (χ1) is 16.3. The highest BCUT2D eigenvalue weighted by molar-refractivity contribution is 7.99. The first-order valence-electron chi connectivity index (χ1n) is 11.3. The topological polar surface area (TPSA) is 77.6 Å². The van der Waals surface area contributed by atoms with Gasteiger partial charge in [-0.2, -0.15) is 5.10 Å². The van der Waals surface area contributed by atoms with Gasteiger partial charge in [0, 0.05) is 17.8 Å². The number of aromatic nitrogens is 5. The molecule has 0 atom stereocenters. The van der Waals surface area contributed by atoms with Crippen LogP contribution >= 0.6 is 11.8 Å². The van der Waals surface area contributed by atoms with Gasteiger partial charge in [0.05, 0.1) is 23.7 Å². The lowest BCUT2D eigenvalue weighted by molar-refractivity contribution is -0.118. The summed E-state index contributed by atoms with van der Waals surface area (Å²) < 4.78 is 4.01. The number of aryl methyl sites for hydroxylation is 4. The van der Waals surface area contributed by atoms with Gasteiger partial charge >= 0.3 is 0 Å². The third-order valence-electron chi connectivity index (χ3n) is 5.90. The summed E-state index contributed by atoms with van der Waals surface area (Å²) in [6.07, 6.45) is 0. The standard InChI is InChI=1S/C26H30N6OS/c1-17-11-12-18(2)24(13-17)32-21(5)28-29-26(32)34-16-25(33)27-14-23-19(3)30-31(20(23)4)15-22-9-7-6-8-10-22/h6-13H,14-16H2,1-5H3,(H,27,33). The number of nitrogens with one attached hydrogen (secondary N) is 1. The molecule has 2 aromatic heterocycles. The normalized spacial score (nSPS) is 11.1. The molecule has 176 valence electrons. The Labute approximate surface area is 204 Å². The molecular weight excluding hydrogens is 444 g/mol. The summed E-state index contributed by atoms with van der Waals surface area (Å²) in [6, 6.07) is 16.6. The minimum Gasteiger partial charge on any atom is -0.351 e. The molecule has 0 saturated heterocycles. The van der Waals surface area contributed by atoms with Crippen molar-refractivity contribution in [2.24, 2.45) is 0 Å². The minimum absolute atomic E-state index is 0.0484. The molecule has 1 N–H and O–H groups in total. The fourth-order valence-electron chi connectivity index (χ4n) is 3.94. The average molecular weight is 475 g/mol. The number of rotatable bonds is 8. The van der Waals surface area contributed by atoms with E-state index in [9.17, 15) is 4.79 Å². The second kappa shape index (κ2) is 10.3. The van der Waals surface area contributed by atoms with Crippen LogP contribution in [0.2, 0.25) is 0 Å². The fourth-order valence-corrected chi connectivity index (χ4v) is 4.76. The number of benzene rings is 2. The summed E-state index contributed by atoms with van der Waals surface area (Å²) in [5, 5.41) is 17.0. The van der Waals surface area contributed by atoms with Crippen LogP contribution in [0.1, 0.15) is 39.5 Å². The molecule has 4 rings (SSSR count). The maximum atomic E-state index is 12.7. The van der Waals surface area contributed by atoms with Gasteiger partial charge in [-0.15, -0.1) is 10.2 Å². The number of amides is 1. The van der Waals surface area contributed by atoms with Gasteiger partial charge in [0.25, 0.3) is 0 Å². The molecule has 0 unspecified atom stereocenters. The molecule has 0 saturated carbocycles. The van der Waals surface area contributed by atoms with Gasteiger partial charge in [0.2, 0.25) is 5.91 Å². The lowest BCUT2D eigenvalue weighted by Crippen LogP contribution is -2.25. The van der Waals surface area contributed by atoms with E-state index in [1.807, 2.05) is 41.3 Å². The first kappa shape index (κ1) is 23.8. The zero-order chi connectivity index (χ0) is 24.2. The molecule has 4 aromatic rings. The summed E-state index contributed by atoms with van der Waals surface area (Å²) in [5.74, 6) is 1.01. The van der Waals surface area contributed by atoms with Crippen molar-refractivity contribution in [3.63, 3.8) is 0 Å². The fraction of sp³-hybridized carbons (Fsp3) is 0.308. The number of carbonyl (C=O) groups excluding carboxylic acids is 1. The Balaban J connectivity index is 1.39. The predicted octanol–water partition coefficient (Wildman–Crippen LogP) is 4.46. The maximum absolute atomic E-state index is 12.7. The Morgan fingerprint density at radius 1 is 1.00 bits per heavy atom. The van der Waals surface area contributed by atoms with Crippen molar-refractivity contribution in [3.05, 3.63) is 88.0 Å². The Bertz CT molecular complexity index is 1310. The molecule has 34 heavy (non-hydrogen) atoms. The van der Waals surface area contributed by atoms with Crippen molar-refractivity contribution in [1.82, 2.24) is 29.9 Å². The minimum atomic E-state index is -0.0484. The van der Waals surface area contributed by atoms with E-state index in [0.29, 0.717) is 18.2 Å². The highest BCUT2D eigenvalue weighted by Gasteiger charge is 2.16. The smallest absolute Gasteiger partial charge is 0.230 e. The second-order valence-electron chi connectivity index (χ2n) is 8.51. The van der Waals surface area contributed by atoms with Crippen LogP contribution < -0.4 is 5.32 Å². The molecule has 0 aliphatic heterocycles. The van der Waals surface area contributed by atoms with Crippen LogP contribution in [0.5, 0.6) is 0 Å². The predicted molar refractivity (Wildman–Crippen MR) is 135 cm³/mol. The summed E-state index contributed by atoms with van der Waals surface area (Å²) in [6.45, 7) is 11.3. The van der Waals surface area contributed by atoms with Crippen molar-refractivity contribution in [1.29, 1.82) is 0 Å². The van der Waals surface area contributed by atoms with E-state index < -0.39 is 0 Å². The molecule has 0 aliphatic carbocycles. The van der Waals surface area contributed by atoms with Crippen molar-refractivity contribution < 1.29 is 4.79 Å². The SMILES string of the molecule is Cc1ccc(C)c(-n2c(C)nnc2SCC(=O)NCc2c(C)nn(Cc3ccccc3)c2C)c1. The zero-order valence-corrected chi connectivity index (χ0v) is 21.1. The van der Waals surface area contributed by atoms with E-state index in [4.69, 9.17) is 0 Å². The molecule has 2 heterocycles. The molecule has 0 aliphatic rings. The number of nitrogens with zero attached hydrogens (tertiary/aromatic N) is 5. The van der Waals surface area contributed by atoms with Crippen LogP contribution in [0.4, 0.5) is 0 Å². The first-order valence-corrected chi connectivity index (χ1v) is 12.3. The molecule has 2 aromatic carbocycles. The molecular formula is C26H30N6OS. The van der Waals surface area contributed by atoms with Gasteiger partial charge in [0.1, 0.15) is 5.82 Å². The third-order valence-corrected chi connectivity index (χ3v) is 6.83. The van der Waals surface area contributed by atoms with Crippen molar-refractivity contribution in [3.8, 4) is 5.69 Å². The molecule has 0 spiro atoms. The monoisotopic (exact) mass is 474 g/mol. The summed E-state index contributed by atoms with van der Waals surface area (Å²) in [7, 11) is 0. The van der Waals surface area contributed by atoms with Crippen molar-refractivity contribution in [2.75, 3.05) is 5.75 Å². The van der Waals surface area contributed by atoms with Gasteiger partial charge in [-0.3, -0.25) is 14.0 Å². The number of hydrogen-bond acceptors (Lipinski definition) is 5. The molecule has 0 radical (unpaired) electrons.